The van der Waals surface area contributed by atoms with E-state index in [2.05, 4.69) is 38.8 Å². The van der Waals surface area contributed by atoms with E-state index in [1.807, 2.05) is 0 Å². The first-order valence-electron chi connectivity index (χ1n) is 9.34. The summed E-state index contributed by atoms with van der Waals surface area (Å²) in [5.41, 5.74) is 0.463. The van der Waals surface area contributed by atoms with Crippen LogP contribution in [0.25, 0.3) is 0 Å². The van der Waals surface area contributed by atoms with E-state index in [0.717, 1.165) is 25.6 Å². The topological polar surface area (TPSA) is 98.6 Å². The minimum absolute atomic E-state index is 0.162. The highest BCUT2D eigenvalue weighted by Crippen LogP contribution is 2.26. The predicted octanol–water partition coefficient (Wildman–Crippen LogP) is 2.35. The molecule has 1 N–H and O–H groups in total. The molecule has 11 heteroatoms. The lowest BCUT2D eigenvalue weighted by Crippen LogP contribution is -2.38. The average Bonchev–Trinajstić information content (AvgIpc) is 3.33. The van der Waals surface area contributed by atoms with Crippen LogP contribution < -0.4 is 10.2 Å². The highest BCUT2D eigenvalue weighted by atomic mass is 32.2. The first-order valence-corrected chi connectivity index (χ1v) is 11.2. The van der Waals surface area contributed by atoms with Crippen LogP contribution in [0, 0.1) is 5.92 Å². The lowest BCUT2D eigenvalue weighted by molar-refractivity contribution is -0.113. The molecule has 0 radical (unpaired) electrons. The first kappa shape index (κ1) is 21.6. The third-order valence-corrected chi connectivity index (χ3v) is 6.04. The Hall–Kier alpha value is -2.11. The van der Waals surface area contributed by atoms with E-state index < -0.39 is 5.97 Å². The second-order valence-corrected chi connectivity index (χ2v) is 8.74. The van der Waals surface area contributed by atoms with Gasteiger partial charge in [0.1, 0.15) is 4.88 Å². The molecule has 0 saturated carbocycles. The number of ether oxygens (including phenoxy) is 2. The van der Waals surface area contributed by atoms with Gasteiger partial charge in [0.15, 0.2) is 5.16 Å². The van der Waals surface area contributed by atoms with E-state index in [1.54, 1.807) is 11.4 Å². The van der Waals surface area contributed by atoms with Crippen LogP contribution in [0.2, 0.25) is 0 Å². The Labute approximate surface area is 177 Å². The number of hydrogen-bond acceptors (Lipinski definition) is 9. The molecule has 158 valence electrons. The van der Waals surface area contributed by atoms with Crippen molar-refractivity contribution in [1.82, 2.24) is 14.8 Å². The molecule has 9 nitrogen and oxygen atoms in total. The van der Waals surface area contributed by atoms with Gasteiger partial charge in [0.2, 0.25) is 11.9 Å². The normalized spacial score (nSPS) is 14.3. The number of carbonyl (C=O) groups is 2. The van der Waals surface area contributed by atoms with Gasteiger partial charge in [-0.3, -0.25) is 9.36 Å². The van der Waals surface area contributed by atoms with Gasteiger partial charge in [0, 0.05) is 19.6 Å². The second-order valence-electron chi connectivity index (χ2n) is 6.88. The molecule has 1 aliphatic rings. The number of anilines is 2. The zero-order valence-corrected chi connectivity index (χ0v) is 18.3. The highest BCUT2D eigenvalue weighted by molar-refractivity contribution is 7.99. The second kappa shape index (κ2) is 10.1. The molecule has 1 aliphatic heterocycles. The van der Waals surface area contributed by atoms with Crippen LogP contribution >= 0.6 is 23.1 Å². The van der Waals surface area contributed by atoms with Crippen LogP contribution in [0.5, 0.6) is 0 Å². The number of carbonyl (C=O) groups excluding carboxylic acids is 2. The molecule has 1 saturated heterocycles. The Morgan fingerprint density at radius 3 is 2.79 bits per heavy atom. The van der Waals surface area contributed by atoms with Crippen molar-refractivity contribution in [3.05, 3.63) is 16.3 Å². The average molecular weight is 440 g/mol. The molecule has 2 aromatic heterocycles. The Kier molecular flexibility index (Phi) is 7.51. The largest absolute Gasteiger partial charge is 0.465 e. The van der Waals surface area contributed by atoms with Gasteiger partial charge >= 0.3 is 5.97 Å². The zero-order valence-electron chi connectivity index (χ0n) is 16.7. The van der Waals surface area contributed by atoms with Gasteiger partial charge in [-0.2, -0.15) is 0 Å². The summed E-state index contributed by atoms with van der Waals surface area (Å²) in [6, 6.07) is 1.69. The zero-order chi connectivity index (χ0) is 20.8. The SMILES string of the molecule is COC(=O)c1sccc1NC(=O)CSc1nnc(N2CCOCC2)n1CC(C)C. The van der Waals surface area contributed by atoms with Crippen molar-refractivity contribution in [2.75, 3.05) is 49.4 Å². The van der Waals surface area contributed by atoms with Crippen molar-refractivity contribution in [1.29, 1.82) is 0 Å². The van der Waals surface area contributed by atoms with Crippen LogP contribution in [0.4, 0.5) is 11.6 Å². The Bertz CT molecular complexity index is 845. The molecule has 0 unspecified atom stereocenters. The van der Waals surface area contributed by atoms with Crippen LogP contribution in [-0.2, 0) is 20.8 Å². The quantitative estimate of drug-likeness (QED) is 0.494. The van der Waals surface area contributed by atoms with Crippen molar-refractivity contribution in [2.24, 2.45) is 5.92 Å². The smallest absolute Gasteiger partial charge is 0.350 e. The van der Waals surface area contributed by atoms with Crippen molar-refractivity contribution in [2.45, 2.75) is 25.5 Å². The summed E-state index contributed by atoms with van der Waals surface area (Å²) >= 11 is 2.56. The molecule has 29 heavy (non-hydrogen) atoms. The van der Waals surface area contributed by atoms with E-state index >= 15 is 0 Å². The van der Waals surface area contributed by atoms with E-state index in [-0.39, 0.29) is 11.7 Å². The van der Waals surface area contributed by atoms with Gasteiger partial charge in [-0.05, 0) is 17.4 Å². The fourth-order valence-electron chi connectivity index (χ4n) is 2.88. The van der Waals surface area contributed by atoms with Crippen molar-refractivity contribution in [3.8, 4) is 0 Å². The number of thiophene rings is 1. The number of rotatable bonds is 8. The summed E-state index contributed by atoms with van der Waals surface area (Å²) in [5, 5.41) is 13.9. The maximum Gasteiger partial charge on any atom is 0.350 e. The molecule has 0 aromatic carbocycles. The number of nitrogens with zero attached hydrogens (tertiary/aromatic N) is 4. The number of aromatic nitrogens is 3. The Morgan fingerprint density at radius 2 is 2.10 bits per heavy atom. The van der Waals surface area contributed by atoms with Gasteiger partial charge in [-0.15, -0.1) is 21.5 Å². The Morgan fingerprint density at radius 1 is 1.34 bits per heavy atom. The maximum absolute atomic E-state index is 12.4. The summed E-state index contributed by atoms with van der Waals surface area (Å²) in [6.07, 6.45) is 0. The summed E-state index contributed by atoms with van der Waals surface area (Å²) in [5.74, 6) is 0.707. The van der Waals surface area contributed by atoms with Crippen LogP contribution in [-0.4, -0.2) is 65.8 Å². The fraction of sp³-hybridized carbons (Fsp3) is 0.556. The van der Waals surface area contributed by atoms with Gasteiger partial charge in [0.25, 0.3) is 0 Å². The number of morpholine rings is 1. The molecule has 3 heterocycles. The summed E-state index contributed by atoms with van der Waals surface area (Å²) < 4.78 is 12.2. The molecular weight excluding hydrogens is 414 g/mol. The lowest BCUT2D eigenvalue weighted by Gasteiger charge is -2.28. The third-order valence-electron chi connectivity index (χ3n) is 4.18. The minimum Gasteiger partial charge on any atom is -0.465 e. The molecule has 1 amide bonds. The van der Waals surface area contributed by atoms with Crippen molar-refractivity contribution >= 4 is 46.6 Å². The number of esters is 1. The van der Waals surface area contributed by atoms with E-state index in [4.69, 9.17) is 9.47 Å². The van der Waals surface area contributed by atoms with Crippen LogP contribution in [0.1, 0.15) is 23.5 Å². The molecule has 0 atom stereocenters. The molecule has 0 bridgehead atoms. The third kappa shape index (κ3) is 5.49. The first-order chi connectivity index (χ1) is 14.0. The summed E-state index contributed by atoms with van der Waals surface area (Å²) in [7, 11) is 1.32. The number of nitrogens with one attached hydrogen (secondary N) is 1. The Balaban J connectivity index is 1.66. The number of amides is 1. The van der Waals surface area contributed by atoms with E-state index in [1.165, 1.54) is 30.2 Å². The lowest BCUT2D eigenvalue weighted by atomic mass is 10.2. The standard InChI is InChI=1S/C18H25N5O4S2/c1-12(2)10-23-17(22-5-7-27-8-6-22)20-21-18(23)29-11-14(24)19-13-4-9-28-15(13)16(25)26-3/h4,9,12H,5-8,10-11H2,1-3H3,(H,19,24). The molecule has 0 aliphatic carbocycles. The molecular formula is C18H25N5O4S2. The van der Waals surface area contributed by atoms with E-state index in [0.29, 0.717) is 34.9 Å². The van der Waals surface area contributed by atoms with Crippen molar-refractivity contribution in [3.63, 3.8) is 0 Å². The van der Waals surface area contributed by atoms with Crippen molar-refractivity contribution < 1.29 is 19.1 Å². The highest BCUT2D eigenvalue weighted by Gasteiger charge is 2.22. The molecule has 3 rings (SSSR count). The molecule has 1 fully saturated rings. The maximum atomic E-state index is 12.4. The minimum atomic E-state index is -0.463. The van der Waals surface area contributed by atoms with Gasteiger partial charge in [-0.25, -0.2) is 4.79 Å². The van der Waals surface area contributed by atoms with Crippen LogP contribution in [0.15, 0.2) is 16.6 Å². The number of thioether (sulfide) groups is 1. The predicted molar refractivity (Wildman–Crippen MR) is 113 cm³/mol. The van der Waals surface area contributed by atoms with Gasteiger partial charge in [0.05, 0.1) is 31.8 Å². The summed E-state index contributed by atoms with van der Waals surface area (Å²) in [6.45, 7) is 7.92. The number of methoxy groups -OCH3 is 1. The van der Waals surface area contributed by atoms with Gasteiger partial charge in [-0.1, -0.05) is 25.6 Å². The molecule has 0 spiro atoms. The molecule has 2 aromatic rings. The van der Waals surface area contributed by atoms with E-state index in [9.17, 15) is 9.59 Å². The number of hydrogen-bond donors (Lipinski definition) is 1. The monoisotopic (exact) mass is 439 g/mol. The fourth-order valence-corrected chi connectivity index (χ4v) is 4.39. The van der Waals surface area contributed by atoms with Gasteiger partial charge < -0.3 is 19.7 Å². The van der Waals surface area contributed by atoms with Crippen LogP contribution in [0.3, 0.4) is 0 Å². The summed E-state index contributed by atoms with van der Waals surface area (Å²) in [4.78, 5) is 26.7.